The van der Waals surface area contributed by atoms with Crippen LogP contribution in [0.15, 0.2) is 24.3 Å². The number of nitrogens with zero attached hydrogens (tertiary/aromatic N) is 1. The highest BCUT2D eigenvalue weighted by molar-refractivity contribution is 7.98. The molecule has 2 N–H and O–H groups in total. The molecule has 2 atom stereocenters. The number of carbonyl (C=O) groups excluding carboxylic acids is 1. The summed E-state index contributed by atoms with van der Waals surface area (Å²) in [6, 6.07) is 8.58. The van der Waals surface area contributed by atoms with Crippen LogP contribution in [0.2, 0.25) is 0 Å². The van der Waals surface area contributed by atoms with Crippen molar-refractivity contribution in [3.63, 3.8) is 0 Å². The van der Waals surface area contributed by atoms with Gasteiger partial charge in [-0.3, -0.25) is 0 Å². The summed E-state index contributed by atoms with van der Waals surface area (Å²) in [6.07, 6.45) is 1.65. The first-order chi connectivity index (χ1) is 11.1. The molecule has 1 saturated heterocycles. The average Bonchev–Trinajstić information content (AvgIpc) is 2.56. The number of likely N-dealkylation sites (tertiary alicyclic amines) is 1. The van der Waals surface area contributed by atoms with Gasteiger partial charge in [0.15, 0.2) is 0 Å². The molecule has 2 amide bonds. The van der Waals surface area contributed by atoms with E-state index in [9.17, 15) is 9.90 Å². The van der Waals surface area contributed by atoms with Gasteiger partial charge in [0.25, 0.3) is 0 Å². The van der Waals surface area contributed by atoms with Crippen LogP contribution in [0.1, 0.15) is 30.9 Å². The average molecular weight is 337 g/mol. The van der Waals surface area contributed by atoms with E-state index in [4.69, 9.17) is 0 Å². The predicted molar refractivity (Wildman–Crippen MR) is 96.7 cm³/mol. The molecule has 5 heteroatoms. The lowest BCUT2D eigenvalue weighted by molar-refractivity contribution is 0.0741. The molecular weight excluding hydrogens is 308 g/mol. The topological polar surface area (TPSA) is 52.6 Å². The van der Waals surface area contributed by atoms with Gasteiger partial charge in [0.2, 0.25) is 0 Å². The Morgan fingerprint density at radius 1 is 1.43 bits per heavy atom. The molecule has 0 spiro atoms. The van der Waals surface area contributed by atoms with Crippen LogP contribution in [0.4, 0.5) is 4.79 Å². The SMILES string of the molecule is Cc1ccc(CSCCNC(=O)N2CCC[C@@H]([C@H](C)O)C2)cc1. The van der Waals surface area contributed by atoms with Crippen molar-refractivity contribution in [3.05, 3.63) is 35.4 Å². The summed E-state index contributed by atoms with van der Waals surface area (Å²) >= 11 is 1.83. The summed E-state index contributed by atoms with van der Waals surface area (Å²) in [7, 11) is 0. The minimum absolute atomic E-state index is 0.00582. The number of amides is 2. The van der Waals surface area contributed by atoms with Crippen molar-refractivity contribution in [3.8, 4) is 0 Å². The van der Waals surface area contributed by atoms with E-state index in [1.54, 1.807) is 0 Å². The predicted octanol–water partition coefficient (Wildman–Crippen LogP) is 3.03. The second-order valence-corrected chi connectivity index (χ2v) is 7.46. The highest BCUT2D eigenvalue weighted by Crippen LogP contribution is 2.19. The smallest absolute Gasteiger partial charge is 0.317 e. The van der Waals surface area contributed by atoms with E-state index in [0.29, 0.717) is 13.1 Å². The summed E-state index contributed by atoms with van der Waals surface area (Å²) in [5.74, 6) is 2.10. The van der Waals surface area contributed by atoms with E-state index in [1.165, 1.54) is 11.1 Å². The molecule has 1 aromatic rings. The van der Waals surface area contributed by atoms with Gasteiger partial charge in [-0.15, -0.1) is 0 Å². The molecule has 1 fully saturated rings. The number of piperidine rings is 1. The molecule has 2 rings (SSSR count). The summed E-state index contributed by atoms with van der Waals surface area (Å²) in [6.45, 7) is 6.06. The van der Waals surface area contributed by atoms with Crippen molar-refractivity contribution in [2.24, 2.45) is 5.92 Å². The molecule has 0 saturated carbocycles. The number of carbonyl (C=O) groups is 1. The molecule has 0 aliphatic carbocycles. The van der Waals surface area contributed by atoms with Gasteiger partial charge < -0.3 is 15.3 Å². The van der Waals surface area contributed by atoms with Crippen LogP contribution >= 0.6 is 11.8 Å². The van der Waals surface area contributed by atoms with Crippen molar-refractivity contribution in [2.45, 2.75) is 38.5 Å². The lowest BCUT2D eigenvalue weighted by atomic mass is 9.94. The van der Waals surface area contributed by atoms with Crippen LogP contribution in [0.25, 0.3) is 0 Å². The zero-order valence-corrected chi connectivity index (χ0v) is 14.9. The normalized spacial score (nSPS) is 19.4. The van der Waals surface area contributed by atoms with Crippen LogP contribution in [0.5, 0.6) is 0 Å². The third-order valence-corrected chi connectivity index (χ3v) is 5.37. The Morgan fingerprint density at radius 3 is 2.87 bits per heavy atom. The summed E-state index contributed by atoms with van der Waals surface area (Å²) in [5.41, 5.74) is 2.60. The molecule has 1 aliphatic rings. The number of hydrogen-bond acceptors (Lipinski definition) is 3. The van der Waals surface area contributed by atoms with E-state index >= 15 is 0 Å². The van der Waals surface area contributed by atoms with Gasteiger partial charge >= 0.3 is 6.03 Å². The van der Waals surface area contributed by atoms with E-state index in [2.05, 4.69) is 36.5 Å². The van der Waals surface area contributed by atoms with E-state index in [-0.39, 0.29) is 18.1 Å². The zero-order valence-electron chi connectivity index (χ0n) is 14.1. The van der Waals surface area contributed by atoms with Crippen LogP contribution in [-0.4, -0.2) is 47.5 Å². The lowest BCUT2D eigenvalue weighted by Crippen LogP contribution is -2.47. The van der Waals surface area contributed by atoms with E-state index < -0.39 is 0 Å². The van der Waals surface area contributed by atoms with Gasteiger partial charge in [-0.1, -0.05) is 29.8 Å². The van der Waals surface area contributed by atoms with Gasteiger partial charge in [0.1, 0.15) is 0 Å². The number of aliphatic hydroxyl groups is 1. The van der Waals surface area contributed by atoms with Crippen LogP contribution in [-0.2, 0) is 5.75 Å². The standard InChI is InChI=1S/C18H28N2O2S/c1-14-5-7-16(8-6-14)13-23-11-9-19-18(22)20-10-3-4-17(12-20)15(2)21/h5-8,15,17,21H,3-4,9-13H2,1-2H3,(H,19,22)/t15-,17+/m0/s1. The Balaban J connectivity index is 1.62. The maximum absolute atomic E-state index is 12.2. The minimum Gasteiger partial charge on any atom is -0.393 e. The maximum Gasteiger partial charge on any atom is 0.317 e. The number of hydrogen-bond donors (Lipinski definition) is 2. The number of aliphatic hydroxyl groups excluding tert-OH is 1. The molecule has 0 radical (unpaired) electrons. The largest absolute Gasteiger partial charge is 0.393 e. The number of thioether (sulfide) groups is 1. The van der Waals surface area contributed by atoms with Crippen LogP contribution in [0.3, 0.4) is 0 Å². The summed E-state index contributed by atoms with van der Waals surface area (Å²) in [4.78, 5) is 14.0. The van der Waals surface area contributed by atoms with Crippen molar-refractivity contribution < 1.29 is 9.90 Å². The third-order valence-electron chi connectivity index (χ3n) is 4.34. The Morgan fingerprint density at radius 2 is 2.17 bits per heavy atom. The second-order valence-electron chi connectivity index (χ2n) is 6.36. The molecule has 23 heavy (non-hydrogen) atoms. The number of aryl methyl sites for hydroxylation is 1. The van der Waals surface area contributed by atoms with Crippen LogP contribution < -0.4 is 5.32 Å². The molecular formula is C18H28N2O2S. The lowest BCUT2D eigenvalue weighted by Gasteiger charge is -2.34. The molecule has 1 heterocycles. The molecule has 1 aliphatic heterocycles. The van der Waals surface area contributed by atoms with E-state index in [0.717, 1.165) is 30.9 Å². The molecule has 0 bridgehead atoms. The van der Waals surface area contributed by atoms with Crippen molar-refractivity contribution in [1.29, 1.82) is 0 Å². The fourth-order valence-electron chi connectivity index (χ4n) is 2.80. The first kappa shape index (κ1) is 18.1. The Hall–Kier alpha value is -1.20. The van der Waals surface area contributed by atoms with Crippen molar-refractivity contribution in [1.82, 2.24) is 10.2 Å². The second kappa shape index (κ2) is 9.18. The first-order valence-electron chi connectivity index (χ1n) is 8.40. The third kappa shape index (κ3) is 6.07. The Kier molecular flexibility index (Phi) is 7.24. The Labute approximate surface area is 143 Å². The fourth-order valence-corrected chi connectivity index (χ4v) is 3.62. The van der Waals surface area contributed by atoms with Crippen molar-refractivity contribution in [2.75, 3.05) is 25.4 Å². The van der Waals surface area contributed by atoms with Crippen LogP contribution in [0, 0.1) is 12.8 Å². The zero-order chi connectivity index (χ0) is 16.7. The van der Waals surface area contributed by atoms with Gasteiger partial charge in [0.05, 0.1) is 6.10 Å². The highest BCUT2D eigenvalue weighted by Gasteiger charge is 2.26. The fraction of sp³-hybridized carbons (Fsp3) is 0.611. The molecule has 0 unspecified atom stereocenters. The quantitative estimate of drug-likeness (QED) is 0.785. The van der Waals surface area contributed by atoms with E-state index in [1.807, 2.05) is 23.6 Å². The molecule has 4 nitrogen and oxygen atoms in total. The maximum atomic E-state index is 12.2. The molecule has 128 valence electrons. The Bertz CT molecular complexity index is 490. The number of urea groups is 1. The number of nitrogens with one attached hydrogen (secondary N) is 1. The summed E-state index contributed by atoms with van der Waals surface area (Å²) < 4.78 is 0. The minimum atomic E-state index is -0.337. The highest BCUT2D eigenvalue weighted by atomic mass is 32.2. The van der Waals surface area contributed by atoms with Gasteiger partial charge in [-0.05, 0) is 32.3 Å². The number of rotatable bonds is 6. The molecule has 0 aromatic heterocycles. The summed E-state index contributed by atoms with van der Waals surface area (Å²) in [5, 5.41) is 12.7. The van der Waals surface area contributed by atoms with Gasteiger partial charge in [-0.2, -0.15) is 11.8 Å². The first-order valence-corrected chi connectivity index (χ1v) is 9.56. The van der Waals surface area contributed by atoms with Crippen molar-refractivity contribution >= 4 is 17.8 Å². The molecule has 1 aromatic carbocycles. The monoisotopic (exact) mass is 336 g/mol. The van der Waals surface area contributed by atoms with Gasteiger partial charge in [-0.25, -0.2) is 4.79 Å². The van der Waals surface area contributed by atoms with Gasteiger partial charge in [0, 0.05) is 37.1 Å². The number of benzene rings is 1.